The van der Waals surface area contributed by atoms with E-state index >= 15 is 0 Å². The first-order chi connectivity index (χ1) is 10.3. The monoisotopic (exact) mass is 323 g/mol. The van der Waals surface area contributed by atoms with Crippen LogP contribution in [0.1, 0.15) is 13.8 Å². The summed E-state index contributed by atoms with van der Waals surface area (Å²) < 4.78 is 33.4. The van der Waals surface area contributed by atoms with E-state index in [4.69, 9.17) is 4.74 Å². The van der Waals surface area contributed by atoms with Crippen molar-refractivity contribution in [3.63, 3.8) is 0 Å². The van der Waals surface area contributed by atoms with Crippen LogP contribution < -0.4 is 15.0 Å². The minimum absolute atomic E-state index is 0.00492. The topological polar surface area (TPSA) is 90.3 Å². The largest absolute Gasteiger partial charge is 0.491 e. The van der Waals surface area contributed by atoms with Gasteiger partial charge in [0.05, 0.1) is 17.3 Å². The van der Waals surface area contributed by atoms with Gasteiger partial charge in [0.1, 0.15) is 11.6 Å². The molecule has 0 aliphatic carbocycles. The smallest absolute Gasteiger partial charge is 0.263 e. The summed E-state index contributed by atoms with van der Waals surface area (Å²) in [5, 5.41) is 0. The van der Waals surface area contributed by atoms with Crippen molar-refractivity contribution in [1.29, 1.82) is 0 Å². The highest BCUT2D eigenvalue weighted by molar-refractivity contribution is 7.92. The SMILES string of the molecule is CC(C)Oc1ccc(S(=O)(=O)Nc2cc(=O)n(C)cn2)cc1. The van der Waals surface area contributed by atoms with Gasteiger partial charge in [-0.15, -0.1) is 0 Å². The van der Waals surface area contributed by atoms with Crippen LogP contribution in [0, 0.1) is 0 Å². The van der Waals surface area contributed by atoms with Gasteiger partial charge < -0.3 is 9.30 Å². The molecule has 7 nitrogen and oxygen atoms in total. The number of hydrogen-bond donors (Lipinski definition) is 1. The van der Waals surface area contributed by atoms with Gasteiger partial charge in [-0.2, -0.15) is 0 Å². The molecule has 2 rings (SSSR count). The van der Waals surface area contributed by atoms with Crippen molar-refractivity contribution >= 4 is 15.8 Å². The van der Waals surface area contributed by atoms with Gasteiger partial charge in [0.15, 0.2) is 0 Å². The summed E-state index contributed by atoms with van der Waals surface area (Å²) >= 11 is 0. The molecule has 2 aromatic rings. The van der Waals surface area contributed by atoms with E-state index in [0.717, 1.165) is 6.07 Å². The Bertz CT molecular complexity index is 811. The van der Waals surface area contributed by atoms with Gasteiger partial charge >= 0.3 is 0 Å². The highest BCUT2D eigenvalue weighted by Crippen LogP contribution is 2.18. The van der Waals surface area contributed by atoms with Crippen LogP contribution in [0.4, 0.5) is 5.82 Å². The summed E-state index contributed by atoms with van der Waals surface area (Å²) in [5.41, 5.74) is -0.353. The van der Waals surface area contributed by atoms with E-state index in [-0.39, 0.29) is 22.4 Å². The first-order valence-electron chi connectivity index (χ1n) is 6.60. The number of nitrogens with zero attached hydrogens (tertiary/aromatic N) is 2. The van der Waals surface area contributed by atoms with E-state index < -0.39 is 10.0 Å². The van der Waals surface area contributed by atoms with Gasteiger partial charge in [-0.25, -0.2) is 13.4 Å². The van der Waals surface area contributed by atoms with Gasteiger partial charge in [0, 0.05) is 13.1 Å². The lowest BCUT2D eigenvalue weighted by atomic mass is 10.3. The van der Waals surface area contributed by atoms with Crippen molar-refractivity contribution in [3.05, 3.63) is 47.0 Å². The third-order valence-corrected chi connectivity index (χ3v) is 4.09. The van der Waals surface area contributed by atoms with Crippen LogP contribution in [0.3, 0.4) is 0 Å². The van der Waals surface area contributed by atoms with E-state index in [1.807, 2.05) is 13.8 Å². The number of anilines is 1. The van der Waals surface area contributed by atoms with E-state index in [0.29, 0.717) is 5.75 Å². The normalized spacial score (nSPS) is 11.5. The Morgan fingerprint density at radius 2 is 1.86 bits per heavy atom. The van der Waals surface area contributed by atoms with Crippen molar-refractivity contribution in [1.82, 2.24) is 9.55 Å². The van der Waals surface area contributed by atoms with Crippen LogP contribution in [0.15, 0.2) is 46.3 Å². The number of sulfonamides is 1. The number of aromatic nitrogens is 2. The van der Waals surface area contributed by atoms with E-state index in [1.165, 1.54) is 30.1 Å². The third-order valence-electron chi connectivity index (χ3n) is 2.72. The Balaban J connectivity index is 2.22. The summed E-state index contributed by atoms with van der Waals surface area (Å²) in [6, 6.07) is 7.13. The minimum Gasteiger partial charge on any atom is -0.491 e. The number of benzene rings is 1. The molecule has 0 fully saturated rings. The summed E-state index contributed by atoms with van der Waals surface area (Å²) in [6.45, 7) is 3.77. The average Bonchev–Trinajstić information content (AvgIpc) is 2.42. The van der Waals surface area contributed by atoms with Crippen molar-refractivity contribution in [2.75, 3.05) is 4.72 Å². The standard InChI is InChI=1S/C14H17N3O4S/c1-10(2)21-11-4-6-12(7-5-11)22(19,20)16-13-8-14(18)17(3)9-15-13/h4-10,16H,1-3H3. The third kappa shape index (κ3) is 3.85. The molecule has 0 saturated carbocycles. The number of rotatable bonds is 5. The highest BCUT2D eigenvalue weighted by atomic mass is 32.2. The molecule has 0 spiro atoms. The van der Waals surface area contributed by atoms with Gasteiger partial charge in [-0.3, -0.25) is 9.52 Å². The number of ether oxygens (including phenoxy) is 1. The molecule has 22 heavy (non-hydrogen) atoms. The lowest BCUT2D eigenvalue weighted by Gasteiger charge is -2.11. The molecular weight excluding hydrogens is 306 g/mol. The maximum atomic E-state index is 12.2. The molecule has 0 bridgehead atoms. The zero-order valence-corrected chi connectivity index (χ0v) is 13.3. The number of aryl methyl sites for hydroxylation is 1. The maximum absolute atomic E-state index is 12.2. The molecule has 0 amide bonds. The molecule has 0 saturated heterocycles. The van der Waals surface area contributed by atoms with Crippen LogP contribution in [0.5, 0.6) is 5.75 Å². The van der Waals surface area contributed by atoms with Gasteiger partial charge in [-0.1, -0.05) is 0 Å². The van der Waals surface area contributed by atoms with E-state index in [1.54, 1.807) is 12.1 Å². The summed E-state index contributed by atoms with van der Waals surface area (Å²) in [5.74, 6) is 0.561. The predicted octanol–water partition coefficient (Wildman–Crippen LogP) is 1.37. The van der Waals surface area contributed by atoms with Crippen molar-refractivity contribution in [2.24, 2.45) is 7.05 Å². The van der Waals surface area contributed by atoms with Gasteiger partial charge in [0.2, 0.25) is 0 Å². The first-order valence-corrected chi connectivity index (χ1v) is 8.08. The molecule has 0 aliphatic rings. The lowest BCUT2D eigenvalue weighted by Crippen LogP contribution is -2.20. The second-order valence-electron chi connectivity index (χ2n) is 4.97. The number of nitrogens with one attached hydrogen (secondary N) is 1. The zero-order valence-electron chi connectivity index (χ0n) is 12.5. The van der Waals surface area contributed by atoms with E-state index in [2.05, 4.69) is 9.71 Å². The van der Waals surface area contributed by atoms with Crippen molar-refractivity contribution in [2.45, 2.75) is 24.8 Å². The molecule has 0 atom stereocenters. The summed E-state index contributed by atoms with van der Waals surface area (Å²) in [7, 11) is -2.28. The fourth-order valence-corrected chi connectivity index (χ4v) is 2.68. The lowest BCUT2D eigenvalue weighted by molar-refractivity contribution is 0.242. The molecule has 1 aromatic carbocycles. The Labute approximate surface area is 128 Å². The summed E-state index contributed by atoms with van der Waals surface area (Å²) in [4.78, 5) is 15.4. The Kier molecular flexibility index (Phi) is 4.51. The van der Waals surface area contributed by atoms with Crippen molar-refractivity contribution in [3.8, 4) is 5.75 Å². The Hall–Kier alpha value is -2.35. The Morgan fingerprint density at radius 3 is 2.41 bits per heavy atom. The number of hydrogen-bond acceptors (Lipinski definition) is 5. The second kappa shape index (κ2) is 6.18. The molecular formula is C14H17N3O4S. The van der Waals surface area contributed by atoms with Crippen LogP contribution in [0.25, 0.3) is 0 Å². The Morgan fingerprint density at radius 1 is 1.23 bits per heavy atom. The van der Waals surface area contributed by atoms with Crippen molar-refractivity contribution < 1.29 is 13.2 Å². The molecule has 0 aliphatic heterocycles. The fourth-order valence-electron chi connectivity index (χ4n) is 1.68. The minimum atomic E-state index is -3.80. The highest BCUT2D eigenvalue weighted by Gasteiger charge is 2.15. The zero-order chi connectivity index (χ0) is 16.3. The van der Waals surface area contributed by atoms with Gasteiger partial charge in [0.25, 0.3) is 15.6 Å². The molecule has 0 radical (unpaired) electrons. The van der Waals surface area contributed by atoms with Crippen LogP contribution in [-0.4, -0.2) is 24.1 Å². The molecule has 1 N–H and O–H groups in total. The molecule has 8 heteroatoms. The molecule has 1 heterocycles. The van der Waals surface area contributed by atoms with Crippen LogP contribution >= 0.6 is 0 Å². The molecule has 118 valence electrons. The second-order valence-corrected chi connectivity index (χ2v) is 6.65. The quantitative estimate of drug-likeness (QED) is 0.897. The molecule has 0 unspecified atom stereocenters. The van der Waals surface area contributed by atoms with E-state index in [9.17, 15) is 13.2 Å². The van der Waals surface area contributed by atoms with Crippen LogP contribution in [0.2, 0.25) is 0 Å². The van der Waals surface area contributed by atoms with Crippen LogP contribution in [-0.2, 0) is 17.1 Å². The fraction of sp³-hybridized carbons (Fsp3) is 0.286. The molecule has 1 aromatic heterocycles. The van der Waals surface area contributed by atoms with Gasteiger partial charge in [-0.05, 0) is 38.1 Å². The maximum Gasteiger partial charge on any atom is 0.263 e. The first kappa shape index (κ1) is 16.0. The average molecular weight is 323 g/mol. The summed E-state index contributed by atoms with van der Waals surface area (Å²) in [6.07, 6.45) is 1.25. The predicted molar refractivity (Wildman–Crippen MR) is 82.5 cm³/mol.